The summed E-state index contributed by atoms with van der Waals surface area (Å²) in [5.74, 6) is 1.17. The first-order valence-electron chi connectivity index (χ1n) is 7.50. The Balaban J connectivity index is 0.00000242. The summed E-state index contributed by atoms with van der Waals surface area (Å²) in [5.41, 5.74) is 0.591. The summed E-state index contributed by atoms with van der Waals surface area (Å²) in [7, 11) is 1.58. The number of carbonyl (C=O) groups excluding carboxylic acids is 1. The number of hydrogen-bond acceptors (Lipinski definition) is 4. The van der Waals surface area contributed by atoms with Gasteiger partial charge in [0.15, 0.2) is 11.5 Å². The number of methoxy groups -OCH3 is 1. The van der Waals surface area contributed by atoms with Crippen LogP contribution in [0.15, 0.2) is 18.2 Å². The fourth-order valence-corrected chi connectivity index (χ4v) is 2.58. The second kappa shape index (κ2) is 8.86. The topological polar surface area (TPSA) is 59.6 Å². The largest absolute Gasteiger partial charge is 0.493 e. The van der Waals surface area contributed by atoms with E-state index in [9.17, 15) is 4.79 Å². The van der Waals surface area contributed by atoms with Gasteiger partial charge in [0.1, 0.15) is 0 Å². The molecule has 1 saturated heterocycles. The number of rotatable bonds is 5. The number of amides is 1. The monoisotopic (exact) mass is 328 g/mol. The molecule has 0 aromatic heterocycles. The molecule has 1 aliphatic heterocycles. The molecule has 2 atom stereocenters. The maximum absolute atomic E-state index is 12.4. The first-order chi connectivity index (χ1) is 10.2. The van der Waals surface area contributed by atoms with Crippen molar-refractivity contribution in [2.24, 2.45) is 0 Å². The van der Waals surface area contributed by atoms with Gasteiger partial charge in [-0.2, -0.15) is 0 Å². The molecule has 2 N–H and O–H groups in total. The minimum Gasteiger partial charge on any atom is -0.493 e. The molecule has 1 heterocycles. The van der Waals surface area contributed by atoms with E-state index in [-0.39, 0.29) is 24.4 Å². The van der Waals surface area contributed by atoms with Crippen LogP contribution in [0.4, 0.5) is 0 Å². The fraction of sp³-hybridized carbons (Fsp3) is 0.562. The lowest BCUT2D eigenvalue weighted by Crippen LogP contribution is -2.51. The standard InChI is InChI=1S/C16H24N2O3.ClH/c1-4-21-14-8-7-12(10-15(14)20-3)16(19)18-13-6-5-9-17-11(13)2;/h7-8,10-11,13,17H,4-6,9H2,1-3H3,(H,18,19);1H. The summed E-state index contributed by atoms with van der Waals surface area (Å²) in [4.78, 5) is 12.4. The molecular formula is C16H25ClN2O3. The van der Waals surface area contributed by atoms with Crippen molar-refractivity contribution in [1.29, 1.82) is 0 Å². The van der Waals surface area contributed by atoms with E-state index < -0.39 is 0 Å². The van der Waals surface area contributed by atoms with E-state index in [4.69, 9.17) is 9.47 Å². The Bertz CT molecular complexity index is 496. The van der Waals surface area contributed by atoms with Crippen LogP contribution in [0.2, 0.25) is 0 Å². The molecule has 0 radical (unpaired) electrons. The molecule has 1 aliphatic rings. The fourth-order valence-electron chi connectivity index (χ4n) is 2.58. The summed E-state index contributed by atoms with van der Waals surface area (Å²) in [6.45, 7) is 5.60. The first-order valence-corrected chi connectivity index (χ1v) is 7.50. The van der Waals surface area contributed by atoms with Crippen LogP contribution in [0.1, 0.15) is 37.0 Å². The minimum absolute atomic E-state index is 0. The number of hydrogen-bond donors (Lipinski definition) is 2. The molecular weight excluding hydrogens is 304 g/mol. The van der Waals surface area contributed by atoms with Crippen molar-refractivity contribution in [2.45, 2.75) is 38.8 Å². The first kappa shape index (κ1) is 18.6. The van der Waals surface area contributed by atoms with Crippen LogP contribution in [-0.4, -0.2) is 38.3 Å². The van der Waals surface area contributed by atoms with Crippen molar-refractivity contribution in [2.75, 3.05) is 20.3 Å². The third kappa shape index (κ3) is 4.52. The van der Waals surface area contributed by atoms with Gasteiger partial charge in [-0.1, -0.05) is 0 Å². The Hall–Kier alpha value is -1.46. The van der Waals surface area contributed by atoms with Gasteiger partial charge in [0, 0.05) is 17.6 Å². The van der Waals surface area contributed by atoms with Crippen LogP contribution < -0.4 is 20.1 Å². The highest BCUT2D eigenvalue weighted by molar-refractivity contribution is 5.95. The number of nitrogens with one attached hydrogen (secondary N) is 2. The summed E-state index contributed by atoms with van der Waals surface area (Å²) >= 11 is 0. The van der Waals surface area contributed by atoms with Crippen molar-refractivity contribution < 1.29 is 14.3 Å². The summed E-state index contributed by atoms with van der Waals surface area (Å²) in [6.07, 6.45) is 2.09. The number of ether oxygens (including phenoxy) is 2. The van der Waals surface area contributed by atoms with E-state index in [2.05, 4.69) is 17.6 Å². The lowest BCUT2D eigenvalue weighted by molar-refractivity contribution is 0.0919. The highest BCUT2D eigenvalue weighted by Crippen LogP contribution is 2.28. The van der Waals surface area contributed by atoms with Crippen molar-refractivity contribution in [1.82, 2.24) is 10.6 Å². The molecule has 22 heavy (non-hydrogen) atoms. The zero-order valence-electron chi connectivity index (χ0n) is 13.3. The maximum atomic E-state index is 12.4. The molecule has 0 saturated carbocycles. The van der Waals surface area contributed by atoms with E-state index in [1.54, 1.807) is 25.3 Å². The minimum atomic E-state index is -0.0723. The van der Waals surface area contributed by atoms with E-state index >= 15 is 0 Å². The van der Waals surface area contributed by atoms with Crippen molar-refractivity contribution >= 4 is 18.3 Å². The van der Waals surface area contributed by atoms with Crippen LogP contribution in [0, 0.1) is 0 Å². The Labute approximate surface area is 138 Å². The molecule has 1 aromatic carbocycles. The molecule has 2 unspecified atom stereocenters. The quantitative estimate of drug-likeness (QED) is 0.871. The SMILES string of the molecule is CCOc1ccc(C(=O)NC2CCCNC2C)cc1OC.Cl. The summed E-state index contributed by atoms with van der Waals surface area (Å²) in [5, 5.41) is 6.47. The van der Waals surface area contributed by atoms with Crippen LogP contribution in [0.5, 0.6) is 11.5 Å². The Kier molecular flexibility index (Phi) is 7.48. The molecule has 5 nitrogen and oxygen atoms in total. The Morgan fingerprint density at radius 2 is 2.18 bits per heavy atom. The van der Waals surface area contributed by atoms with E-state index in [1.165, 1.54) is 0 Å². The summed E-state index contributed by atoms with van der Waals surface area (Å²) < 4.78 is 10.7. The molecule has 1 aromatic rings. The van der Waals surface area contributed by atoms with Crippen molar-refractivity contribution in [3.05, 3.63) is 23.8 Å². The lowest BCUT2D eigenvalue weighted by atomic mass is 9.99. The predicted octanol–water partition coefficient (Wildman–Crippen LogP) is 2.39. The van der Waals surface area contributed by atoms with Gasteiger partial charge >= 0.3 is 0 Å². The van der Waals surface area contributed by atoms with Gasteiger partial charge in [-0.3, -0.25) is 4.79 Å². The molecule has 0 bridgehead atoms. The highest BCUT2D eigenvalue weighted by Gasteiger charge is 2.23. The van der Waals surface area contributed by atoms with Gasteiger partial charge in [-0.25, -0.2) is 0 Å². The molecule has 6 heteroatoms. The van der Waals surface area contributed by atoms with Gasteiger partial charge < -0.3 is 20.1 Å². The molecule has 2 rings (SSSR count). The second-order valence-electron chi connectivity index (χ2n) is 5.26. The molecule has 0 spiro atoms. The van der Waals surface area contributed by atoms with Gasteiger partial charge in [0.2, 0.25) is 0 Å². The van der Waals surface area contributed by atoms with Crippen LogP contribution in [0.3, 0.4) is 0 Å². The van der Waals surface area contributed by atoms with Crippen molar-refractivity contribution in [3.63, 3.8) is 0 Å². The smallest absolute Gasteiger partial charge is 0.251 e. The average molecular weight is 329 g/mol. The normalized spacial score (nSPS) is 20.7. The average Bonchev–Trinajstić information content (AvgIpc) is 2.50. The van der Waals surface area contributed by atoms with E-state index in [0.717, 1.165) is 19.4 Å². The highest BCUT2D eigenvalue weighted by atomic mass is 35.5. The van der Waals surface area contributed by atoms with Gasteiger partial charge in [-0.15, -0.1) is 12.4 Å². The van der Waals surface area contributed by atoms with E-state index in [1.807, 2.05) is 6.92 Å². The van der Waals surface area contributed by atoms with Crippen molar-refractivity contribution in [3.8, 4) is 11.5 Å². The second-order valence-corrected chi connectivity index (χ2v) is 5.26. The predicted molar refractivity (Wildman–Crippen MR) is 89.4 cm³/mol. The molecule has 1 fully saturated rings. The Morgan fingerprint density at radius 1 is 1.41 bits per heavy atom. The zero-order valence-corrected chi connectivity index (χ0v) is 14.2. The zero-order chi connectivity index (χ0) is 15.2. The molecule has 124 valence electrons. The van der Waals surface area contributed by atoms with Crippen LogP contribution in [-0.2, 0) is 0 Å². The number of halogens is 1. The lowest BCUT2D eigenvalue weighted by Gasteiger charge is -2.30. The number of piperidine rings is 1. The number of benzene rings is 1. The van der Waals surface area contributed by atoms with Crippen LogP contribution in [0.25, 0.3) is 0 Å². The molecule has 1 amide bonds. The van der Waals surface area contributed by atoms with Gasteiger partial charge in [-0.05, 0) is 51.4 Å². The third-order valence-electron chi connectivity index (χ3n) is 3.80. The van der Waals surface area contributed by atoms with Crippen LogP contribution >= 0.6 is 12.4 Å². The third-order valence-corrected chi connectivity index (χ3v) is 3.80. The van der Waals surface area contributed by atoms with E-state index in [0.29, 0.717) is 29.7 Å². The molecule has 0 aliphatic carbocycles. The Morgan fingerprint density at radius 3 is 2.82 bits per heavy atom. The van der Waals surface area contributed by atoms with Gasteiger partial charge in [0.05, 0.1) is 13.7 Å². The maximum Gasteiger partial charge on any atom is 0.251 e. The van der Waals surface area contributed by atoms with Gasteiger partial charge in [0.25, 0.3) is 5.91 Å². The summed E-state index contributed by atoms with van der Waals surface area (Å²) in [6, 6.07) is 5.74. The number of carbonyl (C=O) groups is 1.